The summed E-state index contributed by atoms with van der Waals surface area (Å²) in [5.41, 5.74) is 6.03. The second-order valence-electron chi connectivity index (χ2n) is 5.56. The van der Waals surface area contributed by atoms with Gasteiger partial charge in [-0.1, -0.05) is 19.9 Å². The minimum atomic E-state index is -1.37. The lowest BCUT2D eigenvalue weighted by Crippen LogP contribution is -2.43. The molecule has 0 saturated carbocycles. The van der Waals surface area contributed by atoms with Gasteiger partial charge in [-0.05, 0) is 30.3 Å². The molecule has 2 aliphatic carbocycles. The highest BCUT2D eigenvalue weighted by atomic mass is 14.7. The molecule has 0 aliphatic heterocycles. The lowest BCUT2D eigenvalue weighted by Gasteiger charge is -2.42. The molecular formula is C15H16N4. The smallest absolute Gasteiger partial charge is 0.187 e. The van der Waals surface area contributed by atoms with Gasteiger partial charge in [-0.15, -0.1) is 0 Å². The second kappa shape index (κ2) is 4.45. The Morgan fingerprint density at radius 1 is 1.26 bits per heavy atom. The molecule has 4 nitrogen and oxygen atoms in total. The number of fused-ring (bicyclic) bond motifs is 1. The van der Waals surface area contributed by atoms with Crippen LogP contribution in [0, 0.1) is 57.2 Å². The van der Waals surface area contributed by atoms with Crippen LogP contribution in [-0.4, -0.2) is 0 Å². The van der Waals surface area contributed by atoms with E-state index in [4.69, 9.17) is 5.73 Å². The summed E-state index contributed by atoms with van der Waals surface area (Å²) < 4.78 is 0. The summed E-state index contributed by atoms with van der Waals surface area (Å²) in [5.74, 6) is 0.393. The van der Waals surface area contributed by atoms with E-state index in [1.165, 1.54) is 0 Å². The Morgan fingerprint density at radius 2 is 1.89 bits per heavy atom. The molecule has 0 bridgehead atoms. The Hall–Kier alpha value is -2.25. The summed E-state index contributed by atoms with van der Waals surface area (Å²) >= 11 is 0. The number of hydrogen-bond acceptors (Lipinski definition) is 4. The molecule has 4 heteroatoms. The highest BCUT2D eigenvalue weighted by Crippen LogP contribution is 2.51. The molecule has 0 fully saturated rings. The molecule has 19 heavy (non-hydrogen) atoms. The summed E-state index contributed by atoms with van der Waals surface area (Å²) in [6.45, 7) is 4.04. The molecule has 96 valence electrons. The van der Waals surface area contributed by atoms with Crippen LogP contribution in [0.4, 0.5) is 0 Å². The third-order valence-corrected chi connectivity index (χ3v) is 4.53. The van der Waals surface area contributed by atoms with E-state index in [1.54, 1.807) is 0 Å². The van der Waals surface area contributed by atoms with Gasteiger partial charge in [0.15, 0.2) is 5.41 Å². The first-order chi connectivity index (χ1) is 9.01. The Bertz CT molecular complexity index is 577. The standard InChI is InChI=1S/C15H16N4/c1-9-3-4-11-12(5-9)10(2)15(7-17,8-18)14(19)13(11)6-16/h4,9-10,12H,3,5,19H2,1-2H3. The van der Waals surface area contributed by atoms with Crippen LogP contribution >= 0.6 is 0 Å². The average molecular weight is 252 g/mol. The van der Waals surface area contributed by atoms with Crippen molar-refractivity contribution in [1.29, 1.82) is 15.8 Å². The highest BCUT2D eigenvalue weighted by Gasteiger charge is 2.51. The number of allylic oxidation sites excluding steroid dienone is 4. The zero-order valence-corrected chi connectivity index (χ0v) is 11.1. The third-order valence-electron chi connectivity index (χ3n) is 4.53. The molecule has 3 unspecified atom stereocenters. The molecule has 2 N–H and O–H groups in total. The van der Waals surface area contributed by atoms with E-state index in [1.807, 2.05) is 6.92 Å². The molecular weight excluding hydrogens is 236 g/mol. The van der Waals surface area contributed by atoms with E-state index >= 15 is 0 Å². The molecule has 0 amide bonds. The summed E-state index contributed by atoms with van der Waals surface area (Å²) in [5, 5.41) is 28.2. The molecule has 2 aliphatic rings. The van der Waals surface area contributed by atoms with Crippen molar-refractivity contribution in [3.8, 4) is 18.2 Å². The van der Waals surface area contributed by atoms with Crippen molar-refractivity contribution in [3.63, 3.8) is 0 Å². The molecule has 0 saturated heterocycles. The fraction of sp³-hybridized carbons (Fsp3) is 0.533. The first-order valence-corrected chi connectivity index (χ1v) is 6.45. The number of rotatable bonds is 0. The SMILES string of the molecule is CC1CC=C2C(C#N)=C(N)C(C#N)(C#N)C(C)C2C1. The van der Waals surface area contributed by atoms with E-state index < -0.39 is 5.41 Å². The molecule has 0 spiro atoms. The van der Waals surface area contributed by atoms with Crippen LogP contribution in [0.25, 0.3) is 0 Å². The van der Waals surface area contributed by atoms with Crippen molar-refractivity contribution in [2.75, 3.05) is 0 Å². The summed E-state index contributed by atoms with van der Waals surface area (Å²) in [6.07, 6.45) is 3.87. The van der Waals surface area contributed by atoms with Gasteiger partial charge in [0, 0.05) is 5.92 Å². The van der Waals surface area contributed by atoms with Crippen LogP contribution in [0.15, 0.2) is 22.9 Å². The predicted octanol–water partition coefficient (Wildman–Crippen LogP) is 2.38. The van der Waals surface area contributed by atoms with Crippen molar-refractivity contribution in [2.24, 2.45) is 28.9 Å². The molecule has 0 aromatic rings. The molecule has 2 rings (SSSR count). The highest BCUT2D eigenvalue weighted by molar-refractivity contribution is 5.56. The Balaban J connectivity index is 2.71. The average Bonchev–Trinajstić information content (AvgIpc) is 2.42. The molecule has 0 radical (unpaired) electrons. The van der Waals surface area contributed by atoms with Crippen LogP contribution < -0.4 is 5.73 Å². The van der Waals surface area contributed by atoms with Gasteiger partial charge >= 0.3 is 0 Å². The van der Waals surface area contributed by atoms with Crippen LogP contribution in [-0.2, 0) is 0 Å². The van der Waals surface area contributed by atoms with E-state index in [2.05, 4.69) is 31.2 Å². The Kier molecular flexibility index (Phi) is 3.09. The van der Waals surface area contributed by atoms with Crippen LogP contribution in [0.3, 0.4) is 0 Å². The summed E-state index contributed by atoms with van der Waals surface area (Å²) in [7, 11) is 0. The molecule has 0 aromatic carbocycles. The van der Waals surface area contributed by atoms with Gasteiger partial charge in [0.05, 0.1) is 23.4 Å². The van der Waals surface area contributed by atoms with Gasteiger partial charge in [0.2, 0.25) is 0 Å². The first kappa shape index (κ1) is 13.2. The van der Waals surface area contributed by atoms with Crippen LogP contribution in [0.2, 0.25) is 0 Å². The monoisotopic (exact) mass is 252 g/mol. The van der Waals surface area contributed by atoms with E-state index in [-0.39, 0.29) is 17.5 Å². The van der Waals surface area contributed by atoms with E-state index in [0.29, 0.717) is 11.5 Å². The van der Waals surface area contributed by atoms with Crippen LogP contribution in [0.1, 0.15) is 26.7 Å². The topological polar surface area (TPSA) is 97.4 Å². The minimum Gasteiger partial charge on any atom is -0.399 e. The quantitative estimate of drug-likeness (QED) is 0.715. The summed E-state index contributed by atoms with van der Waals surface area (Å²) in [4.78, 5) is 0. The molecule has 0 heterocycles. The van der Waals surface area contributed by atoms with Gasteiger partial charge < -0.3 is 5.73 Å². The maximum Gasteiger partial charge on any atom is 0.187 e. The van der Waals surface area contributed by atoms with Crippen molar-refractivity contribution < 1.29 is 0 Å². The van der Waals surface area contributed by atoms with Gasteiger partial charge in [0.25, 0.3) is 0 Å². The number of nitrogens with two attached hydrogens (primary N) is 1. The largest absolute Gasteiger partial charge is 0.399 e. The van der Waals surface area contributed by atoms with Crippen molar-refractivity contribution >= 4 is 0 Å². The first-order valence-electron chi connectivity index (χ1n) is 6.45. The van der Waals surface area contributed by atoms with E-state index in [9.17, 15) is 15.8 Å². The van der Waals surface area contributed by atoms with Gasteiger partial charge in [-0.2, -0.15) is 15.8 Å². The van der Waals surface area contributed by atoms with Crippen molar-refractivity contribution in [3.05, 3.63) is 22.9 Å². The molecule has 0 aromatic heterocycles. The number of nitriles is 3. The summed E-state index contributed by atoms with van der Waals surface area (Å²) in [6, 6.07) is 6.21. The number of hydrogen-bond donors (Lipinski definition) is 1. The van der Waals surface area contributed by atoms with Gasteiger partial charge in [0.1, 0.15) is 6.07 Å². The maximum atomic E-state index is 9.44. The lowest BCUT2D eigenvalue weighted by molar-refractivity contribution is 0.233. The Morgan fingerprint density at radius 3 is 2.42 bits per heavy atom. The van der Waals surface area contributed by atoms with Crippen molar-refractivity contribution in [2.45, 2.75) is 26.7 Å². The maximum absolute atomic E-state index is 9.44. The Labute approximate surface area is 113 Å². The predicted molar refractivity (Wildman–Crippen MR) is 69.6 cm³/mol. The minimum absolute atomic E-state index is 0.0741. The molecule has 3 atom stereocenters. The normalized spacial score (nSPS) is 32.4. The second-order valence-corrected chi connectivity index (χ2v) is 5.56. The van der Waals surface area contributed by atoms with Gasteiger partial charge in [-0.25, -0.2) is 0 Å². The van der Waals surface area contributed by atoms with Crippen molar-refractivity contribution in [1.82, 2.24) is 0 Å². The zero-order valence-electron chi connectivity index (χ0n) is 11.1. The zero-order chi connectivity index (χ0) is 14.2. The fourth-order valence-electron chi connectivity index (χ4n) is 3.27. The van der Waals surface area contributed by atoms with Crippen LogP contribution in [0.5, 0.6) is 0 Å². The third kappa shape index (κ3) is 1.63. The fourth-order valence-corrected chi connectivity index (χ4v) is 3.27. The number of nitrogens with zero attached hydrogens (tertiary/aromatic N) is 3. The van der Waals surface area contributed by atoms with E-state index in [0.717, 1.165) is 18.4 Å². The lowest BCUT2D eigenvalue weighted by atomic mass is 9.58. The van der Waals surface area contributed by atoms with Gasteiger partial charge in [-0.3, -0.25) is 0 Å².